The number of fused-ring (bicyclic) bond motifs is 1. The second kappa shape index (κ2) is 4.06. The maximum absolute atomic E-state index is 13.1. The van der Waals surface area contributed by atoms with Crippen molar-refractivity contribution in [2.45, 2.75) is 0 Å². The molecule has 0 amide bonds. The van der Waals surface area contributed by atoms with E-state index in [-0.39, 0.29) is 5.82 Å². The predicted octanol–water partition coefficient (Wildman–Crippen LogP) is 2.54. The van der Waals surface area contributed by atoms with Crippen LogP contribution >= 0.6 is 15.9 Å². The van der Waals surface area contributed by atoms with Gasteiger partial charge in [-0.25, -0.2) is 4.39 Å². The van der Waals surface area contributed by atoms with Crippen LogP contribution in [0.4, 0.5) is 4.39 Å². The summed E-state index contributed by atoms with van der Waals surface area (Å²) in [6.45, 7) is 0. The first-order valence-electron chi connectivity index (χ1n) is 5.18. The lowest BCUT2D eigenvalue weighted by Gasteiger charge is -2.01. The van der Waals surface area contributed by atoms with Gasteiger partial charge in [0.15, 0.2) is 0 Å². The molecule has 0 N–H and O–H groups in total. The summed E-state index contributed by atoms with van der Waals surface area (Å²) >= 11 is 3.32. The summed E-state index contributed by atoms with van der Waals surface area (Å²) in [6, 6.07) is 9.92. The average Bonchev–Trinajstić information content (AvgIpc) is 2.68. The van der Waals surface area contributed by atoms with Crippen molar-refractivity contribution >= 4 is 21.6 Å². The molecule has 0 radical (unpaired) electrons. The predicted molar refractivity (Wildman–Crippen MR) is 67.2 cm³/mol. The van der Waals surface area contributed by atoms with E-state index in [0.717, 1.165) is 15.2 Å². The first kappa shape index (κ1) is 11.2. The van der Waals surface area contributed by atoms with Crippen LogP contribution in [-0.2, 0) is 0 Å². The van der Waals surface area contributed by atoms with E-state index in [1.807, 2.05) is 12.1 Å². The molecule has 18 heavy (non-hydrogen) atoms. The SMILES string of the molecule is [O-][n+]1c(-c2ccc(Br)cc2)nc2ccc(F)cn21. The van der Waals surface area contributed by atoms with Gasteiger partial charge in [0.2, 0.25) is 0 Å². The molecule has 0 fully saturated rings. The summed E-state index contributed by atoms with van der Waals surface area (Å²) in [5.41, 5.74) is 1.08. The molecule has 0 aliphatic heterocycles. The Morgan fingerprint density at radius 1 is 1.17 bits per heavy atom. The summed E-state index contributed by atoms with van der Waals surface area (Å²) in [4.78, 5) is 4.76. The molecule has 6 heteroatoms. The Labute approximate surface area is 110 Å². The van der Waals surface area contributed by atoms with Crippen molar-refractivity contribution < 1.29 is 9.24 Å². The zero-order valence-electron chi connectivity index (χ0n) is 9.05. The van der Waals surface area contributed by atoms with Crippen molar-refractivity contribution in [2.75, 3.05) is 0 Å². The molecule has 0 aliphatic rings. The summed E-state index contributed by atoms with van der Waals surface area (Å²) in [5.74, 6) is -0.236. The minimum Gasteiger partial charge on any atom is -0.692 e. The van der Waals surface area contributed by atoms with Gasteiger partial charge in [-0.2, -0.15) is 0 Å². The van der Waals surface area contributed by atoms with Crippen LogP contribution in [0.3, 0.4) is 0 Å². The molecule has 2 aromatic heterocycles. The van der Waals surface area contributed by atoms with E-state index in [1.165, 1.54) is 12.1 Å². The zero-order valence-corrected chi connectivity index (χ0v) is 10.6. The van der Waals surface area contributed by atoms with Crippen LogP contribution in [-0.4, -0.2) is 9.50 Å². The number of rotatable bonds is 1. The van der Waals surface area contributed by atoms with E-state index in [2.05, 4.69) is 20.9 Å². The van der Waals surface area contributed by atoms with Gasteiger partial charge in [-0.1, -0.05) is 15.9 Å². The normalized spacial score (nSPS) is 11.0. The minimum absolute atomic E-state index is 0.244. The standard InChI is InChI=1S/C12H7BrFN3O/c13-9-3-1-8(2-4-9)12-15-11-6-5-10(14)7-16(11)17(12)18/h1-7H. The molecule has 3 aromatic rings. The van der Waals surface area contributed by atoms with E-state index >= 15 is 0 Å². The van der Waals surface area contributed by atoms with Crippen molar-refractivity contribution in [3.8, 4) is 11.4 Å². The van der Waals surface area contributed by atoms with E-state index in [1.54, 1.807) is 12.1 Å². The fourth-order valence-corrected chi connectivity index (χ4v) is 1.98. The first-order chi connectivity index (χ1) is 8.65. The molecule has 0 bridgehead atoms. The minimum atomic E-state index is -0.480. The van der Waals surface area contributed by atoms with Gasteiger partial charge in [-0.15, -0.1) is 9.36 Å². The van der Waals surface area contributed by atoms with Crippen LogP contribution in [0.15, 0.2) is 47.1 Å². The van der Waals surface area contributed by atoms with Crippen molar-refractivity contribution in [3.63, 3.8) is 0 Å². The van der Waals surface area contributed by atoms with Crippen molar-refractivity contribution in [1.29, 1.82) is 0 Å². The Hall–Kier alpha value is -1.95. The number of aromatic nitrogens is 3. The van der Waals surface area contributed by atoms with Gasteiger partial charge in [0.05, 0.1) is 11.8 Å². The lowest BCUT2D eigenvalue weighted by molar-refractivity contribution is -0.667. The number of halogens is 2. The van der Waals surface area contributed by atoms with E-state index in [9.17, 15) is 9.60 Å². The number of benzene rings is 1. The third kappa shape index (κ3) is 1.74. The Bertz CT molecular complexity index is 724. The third-order valence-electron chi connectivity index (χ3n) is 2.57. The van der Waals surface area contributed by atoms with Gasteiger partial charge in [0, 0.05) is 10.5 Å². The first-order valence-corrected chi connectivity index (χ1v) is 5.98. The van der Waals surface area contributed by atoms with Gasteiger partial charge in [-0.05, 0) is 35.3 Å². The molecule has 0 unspecified atom stereocenters. The highest BCUT2D eigenvalue weighted by atomic mass is 79.9. The van der Waals surface area contributed by atoms with Crippen LogP contribution in [0.25, 0.3) is 17.0 Å². The summed E-state index contributed by atoms with van der Waals surface area (Å²) in [6.07, 6.45) is 1.11. The molecule has 0 saturated heterocycles. The Balaban J connectivity index is 2.23. The average molecular weight is 308 g/mol. The maximum Gasteiger partial charge on any atom is 0.355 e. The second-order valence-electron chi connectivity index (χ2n) is 3.77. The molecule has 90 valence electrons. The zero-order chi connectivity index (χ0) is 12.7. The van der Waals surface area contributed by atoms with E-state index in [0.29, 0.717) is 16.1 Å². The van der Waals surface area contributed by atoms with Crippen LogP contribution < -0.4 is 4.85 Å². The highest BCUT2D eigenvalue weighted by Gasteiger charge is 2.18. The van der Waals surface area contributed by atoms with Crippen LogP contribution in [0.1, 0.15) is 0 Å². The summed E-state index contributed by atoms with van der Waals surface area (Å²) < 4.78 is 15.1. The number of nitrogens with zero attached hydrogens (tertiary/aromatic N) is 3. The van der Waals surface area contributed by atoms with Gasteiger partial charge in [0.25, 0.3) is 5.65 Å². The molecule has 2 heterocycles. The molecular formula is C12H7BrFN3O. The number of pyridine rings is 1. The quantitative estimate of drug-likeness (QED) is 0.512. The largest absolute Gasteiger partial charge is 0.692 e. The van der Waals surface area contributed by atoms with Gasteiger partial charge >= 0.3 is 5.82 Å². The summed E-state index contributed by atoms with van der Waals surface area (Å²) in [5, 5.41) is 12.0. The number of hydrogen-bond acceptors (Lipinski definition) is 2. The van der Waals surface area contributed by atoms with Crippen molar-refractivity contribution in [3.05, 3.63) is 58.1 Å². The fourth-order valence-electron chi connectivity index (χ4n) is 1.72. The van der Waals surface area contributed by atoms with Crippen molar-refractivity contribution in [1.82, 2.24) is 9.50 Å². The molecule has 0 spiro atoms. The Morgan fingerprint density at radius 3 is 2.61 bits per heavy atom. The van der Waals surface area contributed by atoms with Crippen LogP contribution in [0.5, 0.6) is 0 Å². The van der Waals surface area contributed by atoms with Crippen LogP contribution in [0, 0.1) is 11.0 Å². The van der Waals surface area contributed by atoms with Gasteiger partial charge in [-0.3, -0.25) is 0 Å². The second-order valence-corrected chi connectivity index (χ2v) is 4.68. The molecular weight excluding hydrogens is 301 g/mol. The van der Waals surface area contributed by atoms with Gasteiger partial charge in [0.1, 0.15) is 5.82 Å². The molecule has 3 rings (SSSR count). The molecule has 4 nitrogen and oxygen atoms in total. The molecule has 0 aliphatic carbocycles. The molecule has 0 atom stereocenters. The highest BCUT2D eigenvalue weighted by molar-refractivity contribution is 9.10. The van der Waals surface area contributed by atoms with E-state index in [4.69, 9.17) is 0 Å². The fraction of sp³-hybridized carbons (Fsp3) is 0. The number of hydrogen-bond donors (Lipinski definition) is 0. The van der Waals surface area contributed by atoms with Crippen LogP contribution in [0.2, 0.25) is 0 Å². The lowest BCUT2D eigenvalue weighted by atomic mass is 10.2. The Morgan fingerprint density at radius 2 is 1.89 bits per heavy atom. The topological polar surface area (TPSA) is 44.2 Å². The monoisotopic (exact) mass is 307 g/mol. The Kier molecular flexibility index (Phi) is 2.52. The summed E-state index contributed by atoms with van der Waals surface area (Å²) in [7, 11) is 0. The van der Waals surface area contributed by atoms with Gasteiger partial charge < -0.3 is 5.21 Å². The highest BCUT2D eigenvalue weighted by Crippen LogP contribution is 2.18. The van der Waals surface area contributed by atoms with E-state index < -0.39 is 5.82 Å². The molecule has 1 aromatic carbocycles. The third-order valence-corrected chi connectivity index (χ3v) is 3.10. The maximum atomic E-state index is 13.1. The smallest absolute Gasteiger partial charge is 0.355 e. The lowest BCUT2D eigenvalue weighted by Crippen LogP contribution is -2.34. The molecule has 0 saturated carbocycles. The van der Waals surface area contributed by atoms with Crippen molar-refractivity contribution in [2.24, 2.45) is 0 Å².